The van der Waals surface area contributed by atoms with Gasteiger partial charge in [0.1, 0.15) is 0 Å². The average Bonchev–Trinajstić information content (AvgIpc) is 3.23. The first kappa shape index (κ1) is 15.3. The molecule has 2 fully saturated rings. The molecule has 1 saturated carbocycles. The van der Waals surface area contributed by atoms with E-state index in [0.29, 0.717) is 5.41 Å². The van der Waals surface area contributed by atoms with Crippen LogP contribution in [0.1, 0.15) is 38.2 Å². The third-order valence-electron chi connectivity index (χ3n) is 4.99. The summed E-state index contributed by atoms with van der Waals surface area (Å²) >= 11 is 0. The molecule has 0 spiro atoms. The maximum atomic E-state index is 5.82. The minimum atomic E-state index is -0.0473. The second kappa shape index (κ2) is 6.29. The number of nitrogens with one attached hydrogen (secondary N) is 2. The van der Waals surface area contributed by atoms with E-state index in [-0.39, 0.29) is 5.60 Å². The van der Waals surface area contributed by atoms with E-state index < -0.39 is 0 Å². The van der Waals surface area contributed by atoms with Gasteiger partial charge >= 0.3 is 0 Å². The molecule has 1 unspecified atom stereocenters. The second-order valence-electron chi connectivity index (χ2n) is 6.83. The number of aliphatic imine (C=N–C) groups is 1. The lowest BCUT2D eigenvalue weighted by atomic mass is 9.96. The minimum absolute atomic E-state index is 0.0473. The van der Waals surface area contributed by atoms with Crippen molar-refractivity contribution in [3.05, 3.63) is 35.9 Å². The molecule has 1 heterocycles. The van der Waals surface area contributed by atoms with Gasteiger partial charge in [0.2, 0.25) is 0 Å². The Balaban J connectivity index is 1.51. The molecule has 22 heavy (non-hydrogen) atoms. The lowest BCUT2D eigenvalue weighted by Crippen LogP contribution is -2.47. The maximum absolute atomic E-state index is 5.82. The molecule has 0 radical (unpaired) electrons. The SMILES string of the molecule is CN=C(NCC1(C)CCCO1)NCC1(c2ccccc2)CC1. The van der Waals surface area contributed by atoms with Crippen LogP contribution in [-0.2, 0) is 10.2 Å². The maximum Gasteiger partial charge on any atom is 0.191 e. The smallest absolute Gasteiger partial charge is 0.191 e. The Bertz CT molecular complexity index is 516. The molecule has 2 N–H and O–H groups in total. The van der Waals surface area contributed by atoms with Crippen molar-refractivity contribution in [1.82, 2.24) is 10.6 Å². The Morgan fingerprint density at radius 3 is 2.45 bits per heavy atom. The van der Waals surface area contributed by atoms with E-state index in [4.69, 9.17) is 4.74 Å². The summed E-state index contributed by atoms with van der Waals surface area (Å²) in [6, 6.07) is 10.8. The molecular weight excluding hydrogens is 274 g/mol. The monoisotopic (exact) mass is 301 g/mol. The van der Waals surface area contributed by atoms with Crippen LogP contribution in [0.4, 0.5) is 0 Å². The average molecular weight is 301 g/mol. The number of nitrogens with zero attached hydrogens (tertiary/aromatic N) is 1. The predicted molar refractivity (Wildman–Crippen MR) is 90.3 cm³/mol. The van der Waals surface area contributed by atoms with Gasteiger partial charge in [-0.05, 0) is 38.2 Å². The molecule has 1 aromatic rings. The van der Waals surface area contributed by atoms with E-state index in [2.05, 4.69) is 52.9 Å². The number of benzene rings is 1. The summed E-state index contributed by atoms with van der Waals surface area (Å²) in [6.07, 6.45) is 4.77. The lowest BCUT2D eigenvalue weighted by Gasteiger charge is -2.25. The first-order valence-corrected chi connectivity index (χ1v) is 8.30. The van der Waals surface area contributed by atoms with Gasteiger partial charge in [-0.15, -0.1) is 0 Å². The molecule has 120 valence electrons. The van der Waals surface area contributed by atoms with Gasteiger partial charge in [0.25, 0.3) is 0 Å². The van der Waals surface area contributed by atoms with E-state index >= 15 is 0 Å². The summed E-state index contributed by atoms with van der Waals surface area (Å²) in [5, 5.41) is 6.91. The fraction of sp³-hybridized carbons (Fsp3) is 0.611. The normalized spacial score (nSPS) is 26.7. The van der Waals surface area contributed by atoms with Crippen LogP contribution in [0.2, 0.25) is 0 Å². The van der Waals surface area contributed by atoms with Gasteiger partial charge in [-0.1, -0.05) is 30.3 Å². The fourth-order valence-corrected chi connectivity index (χ4v) is 3.23. The lowest BCUT2D eigenvalue weighted by molar-refractivity contribution is 0.0243. The zero-order valence-electron chi connectivity index (χ0n) is 13.7. The topological polar surface area (TPSA) is 45.7 Å². The Morgan fingerprint density at radius 1 is 1.14 bits per heavy atom. The Morgan fingerprint density at radius 2 is 1.86 bits per heavy atom. The molecule has 1 aliphatic carbocycles. The number of guanidine groups is 1. The fourth-order valence-electron chi connectivity index (χ4n) is 3.23. The molecule has 1 atom stereocenters. The summed E-state index contributed by atoms with van der Waals surface area (Å²) in [5.41, 5.74) is 1.69. The van der Waals surface area contributed by atoms with Crippen LogP contribution in [0.25, 0.3) is 0 Å². The Hall–Kier alpha value is -1.55. The van der Waals surface area contributed by atoms with Crippen molar-refractivity contribution in [2.24, 2.45) is 4.99 Å². The number of hydrogen-bond acceptors (Lipinski definition) is 2. The van der Waals surface area contributed by atoms with Crippen molar-refractivity contribution < 1.29 is 4.74 Å². The van der Waals surface area contributed by atoms with E-state index in [0.717, 1.165) is 38.5 Å². The van der Waals surface area contributed by atoms with Gasteiger partial charge in [-0.25, -0.2) is 0 Å². The third-order valence-corrected chi connectivity index (χ3v) is 4.99. The third kappa shape index (κ3) is 3.43. The molecule has 1 saturated heterocycles. The summed E-state index contributed by atoms with van der Waals surface area (Å²) in [5.74, 6) is 0.874. The predicted octanol–water partition coefficient (Wildman–Crippen LogP) is 2.45. The molecule has 0 bridgehead atoms. The van der Waals surface area contributed by atoms with Crippen molar-refractivity contribution in [3.63, 3.8) is 0 Å². The summed E-state index contributed by atoms with van der Waals surface area (Å²) < 4.78 is 5.82. The van der Waals surface area contributed by atoms with Crippen LogP contribution >= 0.6 is 0 Å². The summed E-state index contributed by atoms with van der Waals surface area (Å²) in [6.45, 7) is 4.80. The van der Waals surface area contributed by atoms with E-state index in [1.807, 2.05) is 7.05 Å². The molecule has 4 heteroatoms. The molecule has 1 aliphatic heterocycles. The number of hydrogen-bond donors (Lipinski definition) is 2. The number of ether oxygens (including phenoxy) is 1. The molecule has 2 aliphatic rings. The van der Waals surface area contributed by atoms with E-state index in [1.54, 1.807) is 0 Å². The molecule has 4 nitrogen and oxygen atoms in total. The highest BCUT2D eigenvalue weighted by Gasteiger charge is 2.44. The van der Waals surface area contributed by atoms with Gasteiger partial charge in [-0.2, -0.15) is 0 Å². The first-order chi connectivity index (χ1) is 10.7. The van der Waals surface area contributed by atoms with Crippen molar-refractivity contribution >= 4 is 5.96 Å². The molecule has 1 aromatic carbocycles. The van der Waals surface area contributed by atoms with Gasteiger partial charge in [-0.3, -0.25) is 4.99 Å². The van der Waals surface area contributed by atoms with Crippen LogP contribution in [0.5, 0.6) is 0 Å². The van der Waals surface area contributed by atoms with Crippen LogP contribution < -0.4 is 10.6 Å². The van der Waals surface area contributed by atoms with Crippen molar-refractivity contribution in [3.8, 4) is 0 Å². The van der Waals surface area contributed by atoms with Crippen LogP contribution in [0.3, 0.4) is 0 Å². The molecule has 0 aromatic heterocycles. The zero-order chi connectivity index (χ0) is 15.5. The largest absolute Gasteiger partial charge is 0.373 e. The summed E-state index contributed by atoms with van der Waals surface area (Å²) in [4.78, 5) is 4.34. The van der Waals surface area contributed by atoms with E-state index in [1.165, 1.54) is 18.4 Å². The molecular formula is C18H27N3O. The van der Waals surface area contributed by atoms with Crippen molar-refractivity contribution in [1.29, 1.82) is 0 Å². The summed E-state index contributed by atoms with van der Waals surface area (Å²) in [7, 11) is 1.83. The van der Waals surface area contributed by atoms with Gasteiger partial charge in [0, 0.05) is 32.2 Å². The van der Waals surface area contributed by atoms with Crippen molar-refractivity contribution in [2.45, 2.75) is 43.6 Å². The number of rotatable bonds is 5. The standard InChI is InChI=1S/C18H27N3O/c1-17(9-6-12-22-17)13-20-16(19-2)21-14-18(10-11-18)15-7-4-3-5-8-15/h3-5,7-8H,6,9-14H2,1-2H3,(H2,19,20,21). The molecule has 3 rings (SSSR count). The van der Waals surface area contributed by atoms with Gasteiger partial charge in [0.05, 0.1) is 5.60 Å². The van der Waals surface area contributed by atoms with Gasteiger partial charge < -0.3 is 15.4 Å². The second-order valence-corrected chi connectivity index (χ2v) is 6.83. The quantitative estimate of drug-likeness (QED) is 0.649. The van der Waals surface area contributed by atoms with Crippen LogP contribution in [0.15, 0.2) is 35.3 Å². The first-order valence-electron chi connectivity index (χ1n) is 8.30. The van der Waals surface area contributed by atoms with Crippen LogP contribution in [-0.4, -0.2) is 38.3 Å². The Labute approximate surface area is 133 Å². The molecule has 0 amide bonds. The van der Waals surface area contributed by atoms with Crippen molar-refractivity contribution in [2.75, 3.05) is 26.7 Å². The van der Waals surface area contributed by atoms with E-state index in [9.17, 15) is 0 Å². The zero-order valence-corrected chi connectivity index (χ0v) is 13.7. The Kier molecular flexibility index (Phi) is 4.39. The van der Waals surface area contributed by atoms with Gasteiger partial charge in [0.15, 0.2) is 5.96 Å². The highest BCUT2D eigenvalue weighted by Crippen LogP contribution is 2.47. The van der Waals surface area contributed by atoms with Crippen LogP contribution in [0, 0.1) is 0 Å². The highest BCUT2D eigenvalue weighted by atomic mass is 16.5. The minimum Gasteiger partial charge on any atom is -0.373 e. The highest BCUT2D eigenvalue weighted by molar-refractivity contribution is 5.79.